The number of benzene rings is 4. The maximum absolute atomic E-state index is 13.2. The molecule has 0 saturated heterocycles. The SMILES string of the molecule is O=C([O-])c1cccc(Oc2cccc(S(=O)(=O)c3ccc(CCNC[C@H](O)c4cccc(Cl)c4)cc3)c2)c1.[Na+]. The van der Waals surface area contributed by atoms with E-state index in [9.17, 15) is 23.4 Å². The zero-order valence-corrected chi connectivity index (χ0v) is 24.8. The van der Waals surface area contributed by atoms with Crippen molar-refractivity contribution in [3.8, 4) is 11.5 Å². The van der Waals surface area contributed by atoms with Gasteiger partial charge in [0.1, 0.15) is 11.5 Å². The monoisotopic (exact) mass is 573 g/mol. The van der Waals surface area contributed by atoms with E-state index >= 15 is 0 Å². The molecule has 0 radical (unpaired) electrons. The van der Waals surface area contributed by atoms with Gasteiger partial charge in [-0.1, -0.05) is 54.1 Å². The van der Waals surface area contributed by atoms with Crippen LogP contribution in [0.3, 0.4) is 0 Å². The van der Waals surface area contributed by atoms with Crippen LogP contribution in [0.5, 0.6) is 11.5 Å². The van der Waals surface area contributed by atoms with Gasteiger partial charge in [-0.2, -0.15) is 0 Å². The first-order chi connectivity index (χ1) is 18.2. The molecule has 0 bridgehead atoms. The minimum absolute atomic E-state index is 0. The normalized spacial score (nSPS) is 11.8. The molecule has 0 amide bonds. The first-order valence-electron chi connectivity index (χ1n) is 11.8. The molecule has 4 aromatic carbocycles. The molecule has 196 valence electrons. The van der Waals surface area contributed by atoms with Crippen molar-refractivity contribution in [3.63, 3.8) is 0 Å². The Kier molecular flexibility index (Phi) is 11.1. The van der Waals surface area contributed by atoms with Crippen molar-refractivity contribution < 1.29 is 57.7 Å². The zero-order chi connectivity index (χ0) is 27.1. The summed E-state index contributed by atoms with van der Waals surface area (Å²) in [4.78, 5) is 11.3. The topological polar surface area (TPSA) is 116 Å². The summed E-state index contributed by atoms with van der Waals surface area (Å²) in [5.41, 5.74) is 1.64. The molecule has 39 heavy (non-hydrogen) atoms. The van der Waals surface area contributed by atoms with Crippen LogP contribution in [0, 0.1) is 0 Å². The number of carbonyl (C=O) groups excluding carboxylic acids is 1. The average Bonchev–Trinajstić information content (AvgIpc) is 2.91. The molecular formula is C29H25ClNNaO6S. The van der Waals surface area contributed by atoms with Crippen molar-refractivity contribution in [2.24, 2.45) is 0 Å². The molecule has 0 aromatic heterocycles. The van der Waals surface area contributed by atoms with Crippen LogP contribution in [-0.4, -0.2) is 32.6 Å². The first kappa shape index (κ1) is 30.8. The molecule has 0 spiro atoms. The average molecular weight is 574 g/mol. The number of sulfone groups is 1. The second-order valence-corrected chi connectivity index (χ2v) is 11.0. The fourth-order valence-corrected chi connectivity index (χ4v) is 5.30. The Balaban J connectivity index is 0.00000420. The van der Waals surface area contributed by atoms with Crippen LogP contribution in [0.1, 0.15) is 27.6 Å². The van der Waals surface area contributed by atoms with Crippen LogP contribution in [0.2, 0.25) is 5.02 Å². The molecule has 1 atom stereocenters. The van der Waals surface area contributed by atoms with Gasteiger partial charge in [0, 0.05) is 17.1 Å². The Morgan fingerprint density at radius 2 is 1.56 bits per heavy atom. The number of carboxylic acid groups (broad SMARTS) is 1. The van der Waals surface area contributed by atoms with E-state index in [4.69, 9.17) is 16.3 Å². The third-order valence-electron chi connectivity index (χ3n) is 5.82. The summed E-state index contributed by atoms with van der Waals surface area (Å²) in [7, 11) is -3.81. The third kappa shape index (κ3) is 8.40. The number of carbonyl (C=O) groups is 1. The van der Waals surface area contributed by atoms with E-state index in [1.165, 1.54) is 30.3 Å². The number of hydrogen-bond donors (Lipinski definition) is 2. The van der Waals surface area contributed by atoms with E-state index in [1.807, 2.05) is 6.07 Å². The summed E-state index contributed by atoms with van der Waals surface area (Å²) < 4.78 is 32.1. The Morgan fingerprint density at radius 1 is 0.897 bits per heavy atom. The van der Waals surface area contributed by atoms with Crippen LogP contribution in [0.4, 0.5) is 0 Å². The van der Waals surface area contributed by atoms with E-state index < -0.39 is 21.9 Å². The molecule has 0 aliphatic heterocycles. The maximum atomic E-state index is 13.2. The summed E-state index contributed by atoms with van der Waals surface area (Å²) in [5.74, 6) is -0.829. The van der Waals surface area contributed by atoms with Gasteiger partial charge in [0.05, 0.1) is 21.9 Å². The van der Waals surface area contributed by atoms with Crippen LogP contribution in [0.15, 0.2) is 107 Å². The van der Waals surface area contributed by atoms with Gasteiger partial charge in [-0.05, 0) is 78.7 Å². The van der Waals surface area contributed by atoms with Crippen molar-refractivity contribution in [2.45, 2.75) is 22.3 Å². The number of nitrogens with one attached hydrogen (secondary N) is 1. The van der Waals surface area contributed by atoms with Gasteiger partial charge in [-0.3, -0.25) is 0 Å². The zero-order valence-electron chi connectivity index (χ0n) is 21.2. The predicted molar refractivity (Wildman–Crippen MR) is 142 cm³/mol. The van der Waals surface area contributed by atoms with Crippen molar-refractivity contribution in [2.75, 3.05) is 13.1 Å². The standard InChI is InChI=1S/C29H26ClNO6S.Na/c30-23-6-1-4-21(16-23)28(32)19-31-15-14-20-10-12-26(13-11-20)38(35,36)27-9-3-8-25(18-27)37-24-7-2-5-22(17-24)29(33)34;/h1-13,16-18,28,31-32H,14-15,19H2,(H,33,34);/q;+1/p-1/t28-;/m0./s1. The Labute approximate surface area is 254 Å². The van der Waals surface area contributed by atoms with Crippen LogP contribution in [0.25, 0.3) is 0 Å². The van der Waals surface area contributed by atoms with Gasteiger partial charge in [0.15, 0.2) is 0 Å². The number of aliphatic hydroxyl groups is 1. The second-order valence-electron chi connectivity index (χ2n) is 8.56. The molecule has 10 heteroatoms. The predicted octanol–water partition coefficient (Wildman–Crippen LogP) is 1.20. The molecule has 0 unspecified atom stereocenters. The molecule has 0 aliphatic carbocycles. The number of hydrogen-bond acceptors (Lipinski definition) is 7. The van der Waals surface area contributed by atoms with Crippen molar-refractivity contribution in [3.05, 3.63) is 119 Å². The van der Waals surface area contributed by atoms with Gasteiger partial charge in [-0.15, -0.1) is 0 Å². The van der Waals surface area contributed by atoms with Crippen molar-refractivity contribution >= 4 is 27.4 Å². The van der Waals surface area contributed by atoms with Crippen LogP contribution >= 0.6 is 11.6 Å². The first-order valence-corrected chi connectivity index (χ1v) is 13.7. The number of aromatic carboxylic acids is 1. The molecular weight excluding hydrogens is 549 g/mol. The molecule has 0 heterocycles. The van der Waals surface area contributed by atoms with Gasteiger partial charge in [-0.25, -0.2) is 8.42 Å². The van der Waals surface area contributed by atoms with E-state index in [0.717, 1.165) is 11.1 Å². The molecule has 0 aliphatic rings. The van der Waals surface area contributed by atoms with E-state index in [0.29, 0.717) is 24.5 Å². The molecule has 7 nitrogen and oxygen atoms in total. The molecule has 0 saturated carbocycles. The minimum atomic E-state index is -3.81. The minimum Gasteiger partial charge on any atom is -0.545 e. The second kappa shape index (κ2) is 14.1. The van der Waals surface area contributed by atoms with Crippen molar-refractivity contribution in [1.82, 2.24) is 5.32 Å². The van der Waals surface area contributed by atoms with Gasteiger partial charge in [0.25, 0.3) is 0 Å². The number of carboxylic acids is 1. The quantitative estimate of drug-likeness (QED) is 0.205. The van der Waals surface area contributed by atoms with Crippen molar-refractivity contribution in [1.29, 1.82) is 0 Å². The molecule has 4 aromatic rings. The van der Waals surface area contributed by atoms with Gasteiger partial charge < -0.3 is 25.1 Å². The number of aliphatic hydroxyl groups excluding tert-OH is 1. The van der Waals surface area contributed by atoms with E-state index in [2.05, 4.69) is 5.32 Å². The van der Waals surface area contributed by atoms with E-state index in [1.54, 1.807) is 60.7 Å². The van der Waals surface area contributed by atoms with Crippen LogP contribution in [-0.2, 0) is 16.3 Å². The summed E-state index contributed by atoms with van der Waals surface area (Å²) in [5, 5.41) is 25.1. The Bertz CT molecular complexity index is 1530. The number of ether oxygens (including phenoxy) is 1. The summed E-state index contributed by atoms with van der Waals surface area (Å²) >= 11 is 5.97. The number of halogens is 1. The molecule has 2 N–H and O–H groups in total. The largest absolute Gasteiger partial charge is 1.00 e. The number of rotatable bonds is 11. The molecule has 4 rings (SSSR count). The Hall–Kier alpha value is -2.69. The summed E-state index contributed by atoms with van der Waals surface area (Å²) in [6.45, 7) is 0.963. The fraction of sp³-hybridized carbons (Fsp3) is 0.138. The fourth-order valence-electron chi connectivity index (χ4n) is 3.80. The summed E-state index contributed by atoms with van der Waals surface area (Å²) in [6.07, 6.45) is -0.0318. The molecule has 0 fully saturated rings. The van der Waals surface area contributed by atoms with Crippen LogP contribution < -0.4 is 44.7 Å². The van der Waals surface area contributed by atoms with Gasteiger partial charge in [0.2, 0.25) is 9.84 Å². The maximum Gasteiger partial charge on any atom is 1.00 e. The third-order valence-corrected chi connectivity index (χ3v) is 7.82. The van der Waals surface area contributed by atoms with E-state index in [-0.39, 0.29) is 56.4 Å². The smallest absolute Gasteiger partial charge is 0.545 e. The van der Waals surface area contributed by atoms with Gasteiger partial charge >= 0.3 is 29.6 Å². The Morgan fingerprint density at radius 3 is 2.26 bits per heavy atom. The summed E-state index contributed by atoms with van der Waals surface area (Å²) in [6, 6.07) is 25.5.